The fourth-order valence-corrected chi connectivity index (χ4v) is 0. The molecule has 0 N–H and O–H groups in total. The van der Waals surface area contributed by atoms with Crippen LogP contribution >= 0.6 is 0 Å². The second-order valence-corrected chi connectivity index (χ2v) is 0. The minimum atomic E-state index is 0. The molecule has 0 nitrogen and oxygen atoms in total. The first kappa shape index (κ1) is 5340000. The summed E-state index contributed by atoms with van der Waals surface area (Å²) >= 11 is 0. The molecule has 0 fully saturated rings. The summed E-state index contributed by atoms with van der Waals surface area (Å²) in [5.41, 5.74) is 0. The van der Waals surface area contributed by atoms with Crippen molar-refractivity contribution in [2.45, 2.75) is 22.3 Å². The van der Waals surface area contributed by atoms with E-state index in [-0.39, 0.29) is 47.4 Å². The standard InChI is InChI=1S/3CH4.3FH.H4Si/h3*1H4;3*1H;1H4. The molecule has 0 heterocycles. The molecular formula is C3H19F3Si. The van der Waals surface area contributed by atoms with E-state index in [1.165, 1.54) is 0 Å². The highest BCUT2D eigenvalue weighted by Gasteiger charge is -0.0148. The largest absolute Gasteiger partial charge is 0.269 e. The van der Waals surface area contributed by atoms with Gasteiger partial charge in [0.1, 0.15) is 0 Å². The molecule has 4 heteroatoms. The monoisotopic (exact) mass is 140 g/mol. The highest BCUT2D eigenvalue weighted by atomic mass is 28.1. The van der Waals surface area contributed by atoms with Gasteiger partial charge in [0.2, 0.25) is 0 Å². The summed E-state index contributed by atoms with van der Waals surface area (Å²) < 4.78 is 0. The first-order chi connectivity index (χ1) is 0. The number of rotatable bonds is 0. The van der Waals surface area contributed by atoms with Gasteiger partial charge in [-0.05, 0) is 11.0 Å². The maximum Gasteiger partial charge on any atom is -0.0149 e. The third-order valence-electron chi connectivity index (χ3n) is 0. The zero-order valence-electron chi connectivity index (χ0n) is 1.22. The van der Waals surface area contributed by atoms with E-state index in [0.29, 0.717) is 0 Å². The second kappa shape index (κ2) is 3180000. The van der Waals surface area contributed by atoms with Crippen LogP contribution in [0.5, 0.6) is 0 Å². The van der Waals surface area contributed by atoms with E-state index in [0.717, 1.165) is 0 Å². The Morgan fingerprint density at radius 2 is 0.429 bits per heavy atom. The SMILES string of the molecule is C.C.C.F.F.F.[SiH4]. The number of hydrogen-bond acceptors (Lipinski definition) is 0. The molecule has 56 valence electrons. The van der Waals surface area contributed by atoms with Gasteiger partial charge in [-0.15, -0.1) is 0 Å². The second-order valence-electron chi connectivity index (χ2n) is 0. The fraction of sp³-hybridized carbons (Fsp3) is 1.00. The molecule has 0 aliphatic rings. The van der Waals surface area contributed by atoms with Crippen molar-refractivity contribution < 1.29 is 14.1 Å². The van der Waals surface area contributed by atoms with Crippen molar-refractivity contribution in [2.24, 2.45) is 0 Å². The maximum atomic E-state index is 0. The van der Waals surface area contributed by atoms with Crippen LogP contribution in [0.3, 0.4) is 0 Å². The Labute approximate surface area is 48.4 Å². The van der Waals surface area contributed by atoms with Crippen molar-refractivity contribution in [2.75, 3.05) is 0 Å². The molecule has 0 saturated heterocycles. The Kier molecular flexibility index (Phi) is 2420000000000. The Bertz CT molecular complexity index is 10.1. The van der Waals surface area contributed by atoms with E-state index in [4.69, 9.17) is 0 Å². The van der Waals surface area contributed by atoms with Crippen molar-refractivity contribution >= 4 is 11.0 Å². The van der Waals surface area contributed by atoms with E-state index < -0.39 is 0 Å². The molecule has 0 amide bonds. The Balaban J connectivity index is 0. The van der Waals surface area contributed by atoms with Gasteiger partial charge in [-0.3, -0.25) is 14.1 Å². The van der Waals surface area contributed by atoms with Crippen LogP contribution in [0, 0.1) is 0 Å². The Hall–Kier alpha value is 0.00688. The van der Waals surface area contributed by atoms with Crippen LogP contribution < -0.4 is 0 Å². The smallest absolute Gasteiger partial charge is 0.0149 e. The van der Waals surface area contributed by atoms with E-state index in [1.54, 1.807) is 0 Å². The average molecular weight is 140 g/mol. The molecule has 0 unspecified atom stereocenters. The summed E-state index contributed by atoms with van der Waals surface area (Å²) in [4.78, 5) is 0. The molecule has 0 atom stereocenters. The molecule has 0 aromatic carbocycles. The lowest BCUT2D eigenvalue weighted by atomic mass is 12.0. The molecule has 0 aliphatic carbocycles. The summed E-state index contributed by atoms with van der Waals surface area (Å²) in [6.07, 6.45) is 0. The van der Waals surface area contributed by atoms with E-state index >= 15 is 0 Å². The molecule has 0 bridgehead atoms. The summed E-state index contributed by atoms with van der Waals surface area (Å²) in [5, 5.41) is 0. The molecule has 0 aliphatic heterocycles. The molecule has 7 heavy (non-hydrogen) atoms. The number of halogens is 3. The van der Waals surface area contributed by atoms with Gasteiger partial charge in [-0.25, -0.2) is 0 Å². The molecule has 0 radical (unpaired) electrons. The highest BCUT2D eigenvalue weighted by molar-refractivity contribution is 5.75. The highest BCUT2D eigenvalue weighted by Crippen LogP contribution is 0.422. The molecule has 0 saturated carbocycles. The molecular weight excluding hydrogens is 121 g/mol. The van der Waals surface area contributed by atoms with E-state index in [9.17, 15) is 0 Å². The van der Waals surface area contributed by atoms with Gasteiger partial charge in [0.25, 0.3) is 0 Å². The van der Waals surface area contributed by atoms with E-state index in [2.05, 4.69) is 0 Å². The first-order valence-corrected chi connectivity index (χ1v) is 0. The van der Waals surface area contributed by atoms with Gasteiger partial charge in [0.05, 0.1) is 0 Å². The van der Waals surface area contributed by atoms with Gasteiger partial charge < -0.3 is 0 Å². The zero-order valence-corrected chi connectivity index (χ0v) is 1.22. The summed E-state index contributed by atoms with van der Waals surface area (Å²) in [7, 11) is 0. The molecule has 0 aromatic heterocycles. The van der Waals surface area contributed by atoms with Gasteiger partial charge in [0, 0.05) is 0 Å². The van der Waals surface area contributed by atoms with Crippen LogP contribution in [-0.2, 0) is 0 Å². The number of hydrogen-bond donors (Lipinski definition) is 0. The predicted molar refractivity (Wildman–Crippen MR) is 39.0 cm³/mol. The average Bonchev–Trinajstić information content (AvgIpc) is 0. The van der Waals surface area contributed by atoms with Crippen molar-refractivity contribution in [1.82, 2.24) is 0 Å². The molecule has 0 aromatic rings. The lowest BCUT2D eigenvalue weighted by molar-refractivity contribution is 1.11. The van der Waals surface area contributed by atoms with Crippen LogP contribution in [0.2, 0.25) is 0 Å². The van der Waals surface area contributed by atoms with Crippen LogP contribution in [0.25, 0.3) is 0 Å². The maximum absolute atomic E-state index is 0. The van der Waals surface area contributed by atoms with Crippen molar-refractivity contribution in [1.29, 1.82) is 0 Å². The third-order valence-corrected chi connectivity index (χ3v) is 0. The van der Waals surface area contributed by atoms with Crippen LogP contribution in [-0.4, -0.2) is 11.0 Å². The summed E-state index contributed by atoms with van der Waals surface area (Å²) in [5.74, 6) is 0. The Morgan fingerprint density at radius 3 is 0.429 bits per heavy atom. The van der Waals surface area contributed by atoms with Gasteiger partial charge in [0.15, 0.2) is 0 Å². The van der Waals surface area contributed by atoms with E-state index in [1.807, 2.05) is 0 Å². The molecule has 0 spiro atoms. The topological polar surface area (TPSA) is 0 Å². The quantitative estimate of drug-likeness (QED) is 0.439. The Morgan fingerprint density at radius 1 is 0.429 bits per heavy atom. The van der Waals surface area contributed by atoms with Crippen molar-refractivity contribution in [3.05, 3.63) is 0 Å². The van der Waals surface area contributed by atoms with Crippen LogP contribution in [0.15, 0.2) is 0 Å². The first-order valence-electron chi connectivity index (χ1n) is 0. The van der Waals surface area contributed by atoms with Crippen LogP contribution in [0.1, 0.15) is 22.3 Å². The zero-order chi connectivity index (χ0) is 0. The lowest BCUT2D eigenvalue weighted by Gasteiger charge is -0.270. The third kappa shape index (κ3) is 2040000. The van der Waals surface area contributed by atoms with Gasteiger partial charge in [-0.2, -0.15) is 0 Å². The van der Waals surface area contributed by atoms with Gasteiger partial charge >= 0.3 is 0 Å². The summed E-state index contributed by atoms with van der Waals surface area (Å²) in [6, 6.07) is 0. The van der Waals surface area contributed by atoms with Crippen molar-refractivity contribution in [3.8, 4) is 0 Å². The van der Waals surface area contributed by atoms with Crippen molar-refractivity contribution in [3.63, 3.8) is 0 Å². The normalized spacial score (nSPS) is 0. The minimum Gasteiger partial charge on any atom is -0.269 e. The summed E-state index contributed by atoms with van der Waals surface area (Å²) in [6.45, 7) is 0. The minimum absolute atomic E-state index is 0. The van der Waals surface area contributed by atoms with Crippen LogP contribution in [0.4, 0.5) is 14.1 Å². The lowest BCUT2D eigenvalue weighted by Crippen LogP contribution is -0.381. The predicted octanol–water partition coefficient (Wildman–Crippen LogP) is 0.914. The fourth-order valence-electron chi connectivity index (χ4n) is 0. The molecule has 0 rings (SSSR count). The van der Waals surface area contributed by atoms with Gasteiger partial charge in [-0.1, -0.05) is 22.3 Å².